The van der Waals surface area contributed by atoms with Crippen LogP contribution in [-0.2, 0) is 17.5 Å². The molecule has 0 aromatic heterocycles. The lowest BCUT2D eigenvalue weighted by molar-refractivity contribution is -0.137. The van der Waals surface area contributed by atoms with Crippen molar-refractivity contribution in [3.05, 3.63) is 94.5 Å². The van der Waals surface area contributed by atoms with Crippen molar-refractivity contribution in [3.63, 3.8) is 0 Å². The standard InChI is InChI=1S/C34H38ClF3N4O2S/c1-33(19-26-14-15-27(20-33)42(26)21-22-10-12-24(35)13-11-22)41-32(44)30(16-17-45-2)40-31(43)28-8-3-4-9-29(28)39-25-7-5-6-23(18-25)34(36,37)38/h3-13,18,26-27,30,39H,14-17,19-21H2,1-2H3,(H,40,43)(H,41,44)/t26-,27+,30-,33?/m0/s1. The van der Waals surface area contributed by atoms with Crippen molar-refractivity contribution in [2.75, 3.05) is 17.3 Å². The van der Waals surface area contributed by atoms with Gasteiger partial charge in [0.2, 0.25) is 5.91 Å². The number of alkyl halides is 3. The molecule has 6 nitrogen and oxygen atoms in total. The molecule has 2 amide bonds. The van der Waals surface area contributed by atoms with E-state index in [2.05, 4.69) is 39.9 Å². The summed E-state index contributed by atoms with van der Waals surface area (Å²) in [7, 11) is 0. The quantitative estimate of drug-likeness (QED) is 0.197. The third-order valence-electron chi connectivity index (χ3n) is 8.72. The molecule has 1 unspecified atom stereocenters. The Morgan fingerprint density at radius 3 is 2.38 bits per heavy atom. The van der Waals surface area contributed by atoms with Crippen LogP contribution < -0.4 is 16.0 Å². The molecule has 11 heteroatoms. The number of nitrogens with one attached hydrogen (secondary N) is 3. The second kappa shape index (κ2) is 14.1. The number of anilines is 2. The van der Waals surface area contributed by atoms with Gasteiger partial charge in [-0.3, -0.25) is 14.5 Å². The molecule has 0 saturated carbocycles. The molecule has 2 bridgehead atoms. The highest BCUT2D eigenvalue weighted by molar-refractivity contribution is 7.98. The van der Waals surface area contributed by atoms with E-state index in [9.17, 15) is 22.8 Å². The third kappa shape index (κ3) is 8.34. The molecule has 2 fully saturated rings. The van der Waals surface area contributed by atoms with Crippen LogP contribution in [0, 0.1) is 0 Å². The van der Waals surface area contributed by atoms with Gasteiger partial charge >= 0.3 is 6.18 Å². The number of piperidine rings is 1. The lowest BCUT2D eigenvalue weighted by Crippen LogP contribution is -2.60. The van der Waals surface area contributed by atoms with E-state index in [-0.39, 0.29) is 17.2 Å². The summed E-state index contributed by atoms with van der Waals surface area (Å²) in [6.45, 7) is 2.94. The summed E-state index contributed by atoms with van der Waals surface area (Å²) >= 11 is 7.66. The van der Waals surface area contributed by atoms with Crippen molar-refractivity contribution in [2.24, 2.45) is 0 Å². The van der Waals surface area contributed by atoms with E-state index >= 15 is 0 Å². The number of hydrogen-bond acceptors (Lipinski definition) is 5. The number of hydrogen-bond donors (Lipinski definition) is 3. The lowest BCUT2D eigenvalue weighted by atomic mass is 9.83. The number of rotatable bonds is 11. The fourth-order valence-electron chi connectivity index (χ4n) is 6.58. The van der Waals surface area contributed by atoms with Crippen LogP contribution in [0.3, 0.4) is 0 Å². The number of carbonyl (C=O) groups is 2. The second-order valence-corrected chi connectivity index (χ2v) is 13.6. The Hall–Kier alpha value is -3.21. The number of fused-ring (bicyclic) bond motifs is 2. The molecule has 240 valence electrons. The summed E-state index contributed by atoms with van der Waals surface area (Å²) in [5.41, 5.74) is 0.788. The molecule has 0 aliphatic carbocycles. The molecule has 5 rings (SSSR count). The van der Waals surface area contributed by atoms with Crippen molar-refractivity contribution in [1.29, 1.82) is 0 Å². The van der Waals surface area contributed by atoms with Crippen LogP contribution in [0.15, 0.2) is 72.8 Å². The van der Waals surface area contributed by atoms with E-state index in [4.69, 9.17) is 11.6 Å². The topological polar surface area (TPSA) is 73.5 Å². The zero-order valence-electron chi connectivity index (χ0n) is 25.3. The largest absolute Gasteiger partial charge is 0.416 e. The van der Waals surface area contributed by atoms with Crippen LogP contribution in [0.4, 0.5) is 24.5 Å². The first-order valence-electron chi connectivity index (χ1n) is 15.1. The van der Waals surface area contributed by atoms with Gasteiger partial charge in [-0.25, -0.2) is 0 Å². The van der Waals surface area contributed by atoms with Crippen molar-refractivity contribution >= 4 is 46.6 Å². The molecule has 0 spiro atoms. The maximum Gasteiger partial charge on any atom is 0.416 e. The van der Waals surface area contributed by atoms with Crippen molar-refractivity contribution < 1.29 is 22.8 Å². The van der Waals surface area contributed by atoms with E-state index in [0.717, 1.165) is 44.4 Å². The highest BCUT2D eigenvalue weighted by Crippen LogP contribution is 2.41. The molecular weight excluding hydrogens is 621 g/mol. The summed E-state index contributed by atoms with van der Waals surface area (Å²) < 4.78 is 39.8. The smallest absolute Gasteiger partial charge is 0.355 e. The minimum absolute atomic E-state index is 0.201. The Labute approximate surface area is 271 Å². The Kier molecular flexibility index (Phi) is 10.4. The van der Waals surface area contributed by atoms with Gasteiger partial charge in [0.05, 0.1) is 16.8 Å². The number of para-hydroxylation sites is 1. The Bertz CT molecular complexity index is 1490. The van der Waals surface area contributed by atoms with Gasteiger partial charge in [0.15, 0.2) is 0 Å². The number of nitrogens with zero attached hydrogens (tertiary/aromatic N) is 1. The fraction of sp³-hybridized carbons (Fsp3) is 0.412. The molecule has 2 aliphatic heterocycles. The molecule has 45 heavy (non-hydrogen) atoms. The van der Waals surface area contributed by atoms with Gasteiger partial charge in [-0.2, -0.15) is 24.9 Å². The molecule has 2 aliphatic rings. The summed E-state index contributed by atoms with van der Waals surface area (Å²) in [5.74, 6) is -0.0395. The first-order chi connectivity index (χ1) is 21.4. The number of thioether (sulfide) groups is 1. The highest BCUT2D eigenvalue weighted by Gasteiger charge is 2.47. The summed E-state index contributed by atoms with van der Waals surface area (Å²) in [5, 5.41) is 9.88. The Morgan fingerprint density at radius 1 is 1.02 bits per heavy atom. The predicted octanol–water partition coefficient (Wildman–Crippen LogP) is 7.66. The van der Waals surface area contributed by atoms with Gasteiger partial charge in [0.25, 0.3) is 5.91 Å². The van der Waals surface area contributed by atoms with Crippen molar-refractivity contribution in [1.82, 2.24) is 15.5 Å². The van der Waals surface area contributed by atoms with Crippen LogP contribution in [0.5, 0.6) is 0 Å². The predicted molar refractivity (Wildman–Crippen MR) is 175 cm³/mol. The average Bonchev–Trinajstić information content (AvgIpc) is 3.24. The third-order valence-corrected chi connectivity index (χ3v) is 9.62. The van der Waals surface area contributed by atoms with E-state index < -0.39 is 29.2 Å². The molecule has 0 radical (unpaired) electrons. The number of amides is 2. The molecular formula is C34H38ClF3N4O2S. The Balaban J connectivity index is 1.26. The summed E-state index contributed by atoms with van der Waals surface area (Å²) in [4.78, 5) is 29.8. The summed E-state index contributed by atoms with van der Waals surface area (Å²) in [6, 6.07) is 19.3. The monoisotopic (exact) mass is 658 g/mol. The molecule has 4 atom stereocenters. The molecule has 3 aromatic rings. The van der Waals surface area contributed by atoms with Crippen LogP contribution in [0.2, 0.25) is 5.02 Å². The van der Waals surface area contributed by atoms with Crippen LogP contribution in [-0.4, -0.2) is 52.4 Å². The molecule has 3 aromatic carbocycles. The molecule has 3 N–H and O–H groups in total. The number of benzene rings is 3. The van der Waals surface area contributed by atoms with Gasteiger partial charge in [-0.15, -0.1) is 0 Å². The second-order valence-electron chi connectivity index (χ2n) is 12.2. The molecule has 2 saturated heterocycles. The summed E-state index contributed by atoms with van der Waals surface area (Å²) in [6.07, 6.45) is 1.67. The van der Waals surface area contributed by atoms with E-state index in [0.29, 0.717) is 35.0 Å². The molecule has 2 heterocycles. The minimum atomic E-state index is -4.49. The van der Waals surface area contributed by atoms with Crippen LogP contribution in [0.1, 0.15) is 60.5 Å². The zero-order valence-corrected chi connectivity index (χ0v) is 26.9. The van der Waals surface area contributed by atoms with Gasteiger partial charge < -0.3 is 16.0 Å². The van der Waals surface area contributed by atoms with Gasteiger partial charge in [0.1, 0.15) is 6.04 Å². The number of halogens is 4. The first-order valence-corrected chi connectivity index (χ1v) is 16.9. The van der Waals surface area contributed by atoms with Gasteiger partial charge in [0, 0.05) is 34.9 Å². The van der Waals surface area contributed by atoms with Gasteiger partial charge in [-0.05, 0) is 99.1 Å². The van der Waals surface area contributed by atoms with E-state index in [1.807, 2.05) is 18.4 Å². The SMILES string of the molecule is CSCC[C@H](NC(=O)c1ccccc1Nc1cccc(C(F)(F)F)c1)C(=O)NC1(C)C[C@H]2CC[C@@H](C1)N2Cc1ccc(Cl)cc1. The van der Waals surface area contributed by atoms with E-state index in [1.54, 1.807) is 36.0 Å². The first kappa shape index (κ1) is 33.2. The maximum atomic E-state index is 13.8. The zero-order chi connectivity index (χ0) is 32.2. The number of carbonyl (C=O) groups excluding carboxylic acids is 2. The van der Waals surface area contributed by atoms with Crippen LogP contribution in [0.25, 0.3) is 0 Å². The lowest BCUT2D eigenvalue weighted by Gasteiger charge is -2.45. The normalized spacial score (nSPS) is 22.1. The Morgan fingerprint density at radius 2 is 1.71 bits per heavy atom. The van der Waals surface area contributed by atoms with Crippen LogP contribution >= 0.6 is 23.4 Å². The van der Waals surface area contributed by atoms with Crippen molar-refractivity contribution in [2.45, 2.75) is 75.4 Å². The van der Waals surface area contributed by atoms with E-state index in [1.165, 1.54) is 17.7 Å². The maximum absolute atomic E-state index is 13.8. The fourth-order valence-corrected chi connectivity index (χ4v) is 7.18. The highest BCUT2D eigenvalue weighted by atomic mass is 35.5. The average molecular weight is 659 g/mol. The van der Waals surface area contributed by atoms with Gasteiger partial charge in [-0.1, -0.05) is 41.9 Å². The van der Waals surface area contributed by atoms with Crippen molar-refractivity contribution in [3.8, 4) is 0 Å². The minimum Gasteiger partial charge on any atom is -0.355 e.